The second-order valence-corrected chi connectivity index (χ2v) is 14.0. The number of aromatic nitrogens is 2. The molecule has 0 spiro atoms. The maximum atomic E-state index is 14.3. The highest BCUT2D eigenvalue weighted by Gasteiger charge is 2.50. The fourth-order valence-corrected chi connectivity index (χ4v) is 6.92. The number of halogens is 2. The standard InChI is InChI=1S/C33H33F2N6O8P/c1-18(42)40-14-13-22-8-12-28(31(45)38-25-11-10-23(37-29(25)43)19-5-3-2-4-6-19)41(22)32(46)27(17-40)39-30(44)26-16-20-15-21(7-9-24(20)36-26)33(34,35)50(47,48)49/h2-7,9-11,15-16,22,27-28,36H,8,12-14,17H2,1H3,(H,37,43)(H,38,45)(H,39,44)(H2,47,48,49)/t22-,27+,28+/m1/s1. The van der Waals surface area contributed by atoms with Crippen LogP contribution in [-0.4, -0.2) is 84.4 Å². The molecule has 4 aromatic rings. The number of amides is 4. The van der Waals surface area contributed by atoms with Gasteiger partial charge >= 0.3 is 13.3 Å². The quantitative estimate of drug-likeness (QED) is 0.157. The van der Waals surface area contributed by atoms with Gasteiger partial charge in [-0.1, -0.05) is 36.4 Å². The summed E-state index contributed by atoms with van der Waals surface area (Å²) < 4.78 is 40.0. The molecule has 3 atom stereocenters. The summed E-state index contributed by atoms with van der Waals surface area (Å²) in [6.45, 7) is 1.36. The number of rotatable bonds is 7. The number of nitrogens with zero attached hydrogens (tertiary/aromatic N) is 2. The Labute approximate surface area is 283 Å². The van der Waals surface area contributed by atoms with E-state index >= 15 is 0 Å². The van der Waals surface area contributed by atoms with Crippen LogP contribution in [-0.2, 0) is 24.6 Å². The molecule has 2 fully saturated rings. The predicted molar refractivity (Wildman–Crippen MR) is 177 cm³/mol. The largest absolute Gasteiger partial charge is 0.399 e. The second-order valence-electron chi connectivity index (χ2n) is 12.3. The van der Waals surface area contributed by atoms with Crippen molar-refractivity contribution in [3.05, 3.63) is 88.3 Å². The van der Waals surface area contributed by atoms with E-state index in [0.29, 0.717) is 18.5 Å². The normalized spacial score (nSPS) is 19.9. The van der Waals surface area contributed by atoms with Gasteiger partial charge in [0.1, 0.15) is 23.5 Å². The van der Waals surface area contributed by atoms with E-state index in [9.17, 15) is 37.3 Å². The number of fused-ring (bicyclic) bond motifs is 2. The van der Waals surface area contributed by atoms with Crippen molar-refractivity contribution in [1.29, 1.82) is 0 Å². The highest BCUT2D eigenvalue weighted by Crippen LogP contribution is 2.59. The molecular weight excluding hydrogens is 677 g/mol. The molecule has 4 heterocycles. The van der Waals surface area contributed by atoms with E-state index in [1.165, 1.54) is 28.9 Å². The zero-order chi connectivity index (χ0) is 36.0. The van der Waals surface area contributed by atoms with Gasteiger partial charge < -0.3 is 40.2 Å². The molecule has 0 saturated carbocycles. The number of carbonyl (C=O) groups excluding carboxylic acids is 4. The van der Waals surface area contributed by atoms with Crippen LogP contribution < -0.4 is 16.2 Å². The van der Waals surface area contributed by atoms with Crippen LogP contribution in [0.5, 0.6) is 0 Å². The lowest BCUT2D eigenvalue weighted by atomic mass is 10.1. The lowest BCUT2D eigenvalue weighted by Gasteiger charge is -2.38. The van der Waals surface area contributed by atoms with Gasteiger partial charge in [0.25, 0.3) is 11.5 Å². The van der Waals surface area contributed by atoms with Crippen molar-refractivity contribution in [3.63, 3.8) is 0 Å². The summed E-state index contributed by atoms with van der Waals surface area (Å²) in [5.74, 6) is -2.37. The molecule has 17 heteroatoms. The van der Waals surface area contributed by atoms with E-state index in [1.54, 1.807) is 6.07 Å². The molecule has 6 N–H and O–H groups in total. The first-order valence-electron chi connectivity index (χ1n) is 15.7. The van der Waals surface area contributed by atoms with Crippen molar-refractivity contribution in [1.82, 2.24) is 25.1 Å². The Hall–Kier alpha value is -5.18. The van der Waals surface area contributed by atoms with Crippen molar-refractivity contribution >= 4 is 47.8 Å². The van der Waals surface area contributed by atoms with Crippen molar-refractivity contribution in [3.8, 4) is 11.3 Å². The third-order valence-electron chi connectivity index (χ3n) is 9.07. The molecule has 0 aliphatic carbocycles. The number of hydrogen-bond acceptors (Lipinski definition) is 6. The van der Waals surface area contributed by atoms with Gasteiger partial charge in [-0.05, 0) is 55.2 Å². The van der Waals surface area contributed by atoms with Crippen LogP contribution in [0.2, 0.25) is 0 Å². The minimum absolute atomic E-state index is 0.00856. The van der Waals surface area contributed by atoms with Crippen LogP contribution in [0.15, 0.2) is 71.5 Å². The molecule has 6 rings (SSSR count). The summed E-state index contributed by atoms with van der Waals surface area (Å²) in [5, 5.41) is 5.29. The Morgan fingerprint density at radius 2 is 1.70 bits per heavy atom. The SMILES string of the molecule is CC(=O)N1CC[C@H]2CC[C@@H](C(=O)Nc3ccc(-c4ccccc4)[nH]c3=O)N2C(=O)[C@@H](NC(=O)c2cc3cc(C(F)(F)P(=O)(O)O)ccc3[nH]2)C1. The summed E-state index contributed by atoms with van der Waals surface area (Å²) in [6.07, 6.45) is 1.08. The van der Waals surface area contributed by atoms with Gasteiger partial charge in [0.2, 0.25) is 17.7 Å². The van der Waals surface area contributed by atoms with Crippen molar-refractivity contribution < 1.29 is 42.3 Å². The van der Waals surface area contributed by atoms with Gasteiger partial charge in [0, 0.05) is 48.2 Å². The third-order valence-corrected chi connectivity index (χ3v) is 10.1. The first-order chi connectivity index (χ1) is 23.6. The number of pyridine rings is 1. The van der Waals surface area contributed by atoms with E-state index in [2.05, 4.69) is 20.6 Å². The molecule has 0 radical (unpaired) electrons. The molecule has 2 aromatic carbocycles. The van der Waals surface area contributed by atoms with Gasteiger partial charge in [-0.3, -0.25) is 28.5 Å². The van der Waals surface area contributed by atoms with Gasteiger partial charge in [-0.15, -0.1) is 0 Å². The smallest absolute Gasteiger partial charge is 0.351 e. The molecular formula is C33H33F2N6O8P. The lowest BCUT2D eigenvalue weighted by molar-refractivity contribution is -0.143. The van der Waals surface area contributed by atoms with E-state index in [-0.39, 0.29) is 47.7 Å². The van der Waals surface area contributed by atoms with Crippen LogP contribution in [0.4, 0.5) is 14.5 Å². The Balaban J connectivity index is 1.23. The molecule has 262 valence electrons. The van der Waals surface area contributed by atoms with E-state index < -0.39 is 60.2 Å². The summed E-state index contributed by atoms with van der Waals surface area (Å²) in [6, 6.07) is 13.5. The molecule has 2 saturated heterocycles. The zero-order valence-electron chi connectivity index (χ0n) is 26.6. The van der Waals surface area contributed by atoms with Crippen LogP contribution in [0.3, 0.4) is 0 Å². The lowest BCUT2D eigenvalue weighted by Crippen LogP contribution is -2.60. The summed E-state index contributed by atoms with van der Waals surface area (Å²) in [4.78, 5) is 93.0. The summed E-state index contributed by atoms with van der Waals surface area (Å²) in [7, 11) is -5.83. The number of hydrogen-bond donors (Lipinski definition) is 6. The van der Waals surface area contributed by atoms with Gasteiger partial charge in [-0.2, -0.15) is 8.78 Å². The summed E-state index contributed by atoms with van der Waals surface area (Å²) in [5.41, 5.74) is -4.57. The highest BCUT2D eigenvalue weighted by molar-refractivity contribution is 7.52. The van der Waals surface area contributed by atoms with Crippen LogP contribution >= 0.6 is 7.60 Å². The third kappa shape index (κ3) is 6.69. The molecule has 4 amide bonds. The monoisotopic (exact) mass is 710 g/mol. The molecule has 0 bridgehead atoms. The number of aromatic amines is 2. The average molecular weight is 711 g/mol. The highest BCUT2D eigenvalue weighted by atomic mass is 31.2. The molecule has 50 heavy (non-hydrogen) atoms. The fraction of sp³-hybridized carbons (Fsp3) is 0.303. The van der Waals surface area contributed by atoms with Gasteiger partial charge in [0.05, 0.1) is 0 Å². The fourth-order valence-electron chi connectivity index (χ4n) is 6.45. The van der Waals surface area contributed by atoms with Crippen molar-refractivity contribution in [2.24, 2.45) is 0 Å². The Kier molecular flexibility index (Phi) is 9.20. The second kappa shape index (κ2) is 13.3. The number of carbonyl (C=O) groups is 4. The number of nitrogens with one attached hydrogen (secondary N) is 4. The Morgan fingerprint density at radius 1 is 0.960 bits per heavy atom. The predicted octanol–water partition coefficient (Wildman–Crippen LogP) is 3.10. The average Bonchev–Trinajstić information content (AvgIpc) is 3.70. The summed E-state index contributed by atoms with van der Waals surface area (Å²) >= 11 is 0. The molecule has 0 unspecified atom stereocenters. The van der Waals surface area contributed by atoms with Gasteiger partial charge in [0.15, 0.2) is 0 Å². The first kappa shape index (κ1) is 34.7. The maximum absolute atomic E-state index is 14.3. The Bertz CT molecular complexity index is 2100. The topological polar surface area (TPSA) is 205 Å². The maximum Gasteiger partial charge on any atom is 0.399 e. The van der Waals surface area contributed by atoms with Crippen LogP contribution in [0.1, 0.15) is 42.2 Å². The van der Waals surface area contributed by atoms with Gasteiger partial charge in [-0.25, -0.2) is 0 Å². The number of H-pyrrole nitrogens is 2. The number of anilines is 1. The first-order valence-corrected chi connectivity index (χ1v) is 17.3. The van der Waals surface area contributed by atoms with Crippen LogP contribution in [0.25, 0.3) is 22.2 Å². The number of alkyl halides is 2. The minimum atomic E-state index is -5.83. The van der Waals surface area contributed by atoms with E-state index in [4.69, 9.17) is 9.79 Å². The minimum Gasteiger partial charge on any atom is -0.351 e. The molecule has 2 aliphatic heterocycles. The Morgan fingerprint density at radius 3 is 2.38 bits per heavy atom. The number of benzene rings is 2. The van der Waals surface area contributed by atoms with Crippen molar-refractivity contribution in [2.75, 3.05) is 18.4 Å². The molecule has 2 aliphatic rings. The zero-order valence-corrected chi connectivity index (χ0v) is 27.5. The van der Waals surface area contributed by atoms with E-state index in [0.717, 1.165) is 23.8 Å². The molecule has 14 nitrogen and oxygen atoms in total. The van der Waals surface area contributed by atoms with Crippen LogP contribution in [0, 0.1) is 0 Å². The van der Waals surface area contributed by atoms with Crippen molar-refractivity contribution in [2.45, 2.75) is 50.0 Å². The molecule has 2 aromatic heterocycles. The van der Waals surface area contributed by atoms with E-state index in [1.807, 2.05) is 30.3 Å².